The summed E-state index contributed by atoms with van der Waals surface area (Å²) >= 11 is 0. The molecule has 0 atom stereocenters. The Morgan fingerprint density at radius 2 is 0.885 bits per heavy atom. The number of fused-ring (bicyclic) bond motifs is 3. The minimum absolute atomic E-state index is 0.892. The van der Waals surface area contributed by atoms with Crippen molar-refractivity contribution in [3.8, 4) is 56.0 Å². The molecule has 0 aromatic heterocycles. The van der Waals surface area contributed by atoms with Crippen molar-refractivity contribution in [2.24, 2.45) is 0 Å². The lowest BCUT2D eigenvalue weighted by molar-refractivity contribution is 0.487. The van der Waals surface area contributed by atoms with Gasteiger partial charge in [0.25, 0.3) is 0 Å². The van der Waals surface area contributed by atoms with E-state index in [1.807, 2.05) is 6.07 Å². The molecule has 0 aliphatic carbocycles. The first-order valence-corrected chi connectivity index (χ1v) is 17.8. The van der Waals surface area contributed by atoms with Crippen LogP contribution in [0.2, 0.25) is 0 Å². The Kier molecular flexibility index (Phi) is 7.18. The Balaban J connectivity index is 1.05. The van der Waals surface area contributed by atoms with E-state index >= 15 is 0 Å². The second-order valence-electron chi connectivity index (χ2n) is 13.3. The zero-order chi connectivity index (χ0) is 34.4. The van der Waals surface area contributed by atoms with Crippen molar-refractivity contribution < 1.29 is 4.74 Å². The van der Waals surface area contributed by atoms with E-state index in [9.17, 15) is 0 Å². The standard InChI is InChI=1S/C50H33NO/c1-3-11-34(12-4-1)36-21-26-40(27-22-36)51(47-20-9-16-37-15-7-8-17-43(37)47)41-28-23-38(24-29-41)42-31-32-48-50-45(42)18-10-19-46(50)44-30-25-39(33-49(44)52-48)35-13-5-2-6-14-35/h1-33H. The molecule has 52 heavy (non-hydrogen) atoms. The van der Waals surface area contributed by atoms with Gasteiger partial charge in [-0.05, 0) is 98.2 Å². The molecule has 0 bridgehead atoms. The third kappa shape index (κ3) is 5.12. The molecular weight excluding hydrogens is 631 g/mol. The summed E-state index contributed by atoms with van der Waals surface area (Å²) in [4.78, 5) is 2.37. The zero-order valence-corrected chi connectivity index (χ0v) is 28.4. The molecule has 2 heteroatoms. The second-order valence-corrected chi connectivity index (χ2v) is 13.3. The van der Waals surface area contributed by atoms with Crippen LogP contribution < -0.4 is 9.64 Å². The highest BCUT2D eigenvalue weighted by molar-refractivity contribution is 6.10. The first-order chi connectivity index (χ1) is 25.8. The molecular formula is C50H33NO. The predicted molar refractivity (Wildman–Crippen MR) is 218 cm³/mol. The highest BCUT2D eigenvalue weighted by Gasteiger charge is 2.23. The smallest absolute Gasteiger partial charge is 0.135 e. The molecule has 9 aromatic rings. The van der Waals surface area contributed by atoms with Crippen LogP contribution >= 0.6 is 0 Å². The van der Waals surface area contributed by atoms with E-state index in [0.717, 1.165) is 50.6 Å². The number of nitrogens with zero attached hydrogens (tertiary/aromatic N) is 1. The van der Waals surface area contributed by atoms with E-state index in [4.69, 9.17) is 4.74 Å². The van der Waals surface area contributed by atoms with Gasteiger partial charge in [-0.3, -0.25) is 0 Å². The molecule has 9 aromatic carbocycles. The van der Waals surface area contributed by atoms with E-state index < -0.39 is 0 Å². The Labute approximate surface area is 303 Å². The normalized spacial score (nSPS) is 11.6. The molecule has 244 valence electrons. The summed E-state index contributed by atoms with van der Waals surface area (Å²) in [5.41, 5.74) is 12.8. The summed E-state index contributed by atoms with van der Waals surface area (Å²) in [6.45, 7) is 0. The Hall–Kier alpha value is -6.90. The van der Waals surface area contributed by atoms with Crippen molar-refractivity contribution in [1.29, 1.82) is 0 Å². The predicted octanol–water partition coefficient (Wildman–Crippen LogP) is 14.2. The summed E-state index contributed by atoms with van der Waals surface area (Å²) in [6.07, 6.45) is 0. The molecule has 0 spiro atoms. The van der Waals surface area contributed by atoms with Gasteiger partial charge in [0.05, 0.1) is 5.69 Å². The third-order valence-electron chi connectivity index (χ3n) is 10.3. The lowest BCUT2D eigenvalue weighted by Gasteiger charge is -2.27. The Bertz CT molecular complexity index is 2730. The van der Waals surface area contributed by atoms with Crippen LogP contribution in [0.3, 0.4) is 0 Å². The molecule has 1 aliphatic heterocycles. The van der Waals surface area contributed by atoms with Crippen LogP contribution in [0.4, 0.5) is 17.1 Å². The summed E-state index contributed by atoms with van der Waals surface area (Å²) < 4.78 is 6.62. The minimum Gasteiger partial charge on any atom is -0.456 e. The zero-order valence-electron chi connectivity index (χ0n) is 28.4. The molecule has 2 nitrogen and oxygen atoms in total. The summed E-state index contributed by atoms with van der Waals surface area (Å²) in [5.74, 6) is 1.79. The maximum Gasteiger partial charge on any atom is 0.135 e. The quantitative estimate of drug-likeness (QED) is 0.176. The SMILES string of the molecule is c1ccc(-c2ccc(N(c3ccc(-c4ccc5c6c(cccc46)-c4ccc(-c6ccccc6)cc4O5)cc3)c3cccc4ccccc34)cc2)cc1. The topological polar surface area (TPSA) is 12.5 Å². The van der Waals surface area contributed by atoms with E-state index in [1.54, 1.807) is 0 Å². The lowest BCUT2D eigenvalue weighted by atomic mass is 9.89. The Morgan fingerprint density at radius 1 is 0.327 bits per heavy atom. The van der Waals surface area contributed by atoms with Crippen LogP contribution in [0.25, 0.3) is 66.1 Å². The largest absolute Gasteiger partial charge is 0.456 e. The van der Waals surface area contributed by atoms with E-state index in [1.165, 1.54) is 44.0 Å². The van der Waals surface area contributed by atoms with Gasteiger partial charge in [-0.25, -0.2) is 0 Å². The molecule has 0 amide bonds. The average molecular weight is 664 g/mol. The van der Waals surface area contributed by atoms with Crippen molar-refractivity contribution in [1.82, 2.24) is 0 Å². The maximum absolute atomic E-state index is 6.62. The first-order valence-electron chi connectivity index (χ1n) is 17.8. The van der Waals surface area contributed by atoms with Crippen LogP contribution in [0, 0.1) is 0 Å². The number of benzene rings is 9. The van der Waals surface area contributed by atoms with Crippen molar-refractivity contribution >= 4 is 38.6 Å². The Morgan fingerprint density at radius 3 is 1.63 bits per heavy atom. The van der Waals surface area contributed by atoms with Gasteiger partial charge in [0.15, 0.2) is 0 Å². The summed E-state index contributed by atoms with van der Waals surface area (Å²) in [5, 5.41) is 4.76. The van der Waals surface area contributed by atoms with Crippen LogP contribution in [-0.4, -0.2) is 0 Å². The van der Waals surface area contributed by atoms with Crippen molar-refractivity contribution in [3.63, 3.8) is 0 Å². The number of anilines is 3. The monoisotopic (exact) mass is 663 g/mol. The van der Waals surface area contributed by atoms with Crippen LogP contribution in [0.5, 0.6) is 11.5 Å². The molecule has 1 aliphatic rings. The van der Waals surface area contributed by atoms with Gasteiger partial charge in [-0.1, -0.05) is 152 Å². The molecule has 0 N–H and O–H groups in total. The average Bonchev–Trinajstić information content (AvgIpc) is 3.22. The van der Waals surface area contributed by atoms with Gasteiger partial charge < -0.3 is 9.64 Å². The van der Waals surface area contributed by atoms with E-state index in [2.05, 4.69) is 199 Å². The fourth-order valence-corrected chi connectivity index (χ4v) is 7.75. The van der Waals surface area contributed by atoms with Crippen molar-refractivity contribution in [2.75, 3.05) is 4.90 Å². The van der Waals surface area contributed by atoms with Crippen molar-refractivity contribution in [2.45, 2.75) is 0 Å². The number of hydrogen-bond donors (Lipinski definition) is 0. The van der Waals surface area contributed by atoms with Gasteiger partial charge in [-0.15, -0.1) is 0 Å². The third-order valence-corrected chi connectivity index (χ3v) is 10.3. The second kappa shape index (κ2) is 12.5. The fraction of sp³-hybridized carbons (Fsp3) is 0. The van der Waals surface area contributed by atoms with Crippen LogP contribution in [0.1, 0.15) is 0 Å². The molecule has 0 saturated heterocycles. The van der Waals surface area contributed by atoms with Crippen molar-refractivity contribution in [3.05, 3.63) is 200 Å². The first kappa shape index (κ1) is 30.0. The highest BCUT2D eigenvalue weighted by atomic mass is 16.5. The van der Waals surface area contributed by atoms with E-state index in [-0.39, 0.29) is 0 Å². The van der Waals surface area contributed by atoms with E-state index in [0.29, 0.717) is 0 Å². The molecule has 1 heterocycles. The van der Waals surface area contributed by atoms with Gasteiger partial charge in [0, 0.05) is 27.7 Å². The van der Waals surface area contributed by atoms with Gasteiger partial charge in [0.1, 0.15) is 11.5 Å². The number of rotatable bonds is 6. The van der Waals surface area contributed by atoms with Crippen LogP contribution in [-0.2, 0) is 0 Å². The fourth-order valence-electron chi connectivity index (χ4n) is 7.75. The molecule has 0 saturated carbocycles. The van der Waals surface area contributed by atoms with Crippen LogP contribution in [0.15, 0.2) is 200 Å². The van der Waals surface area contributed by atoms with Gasteiger partial charge >= 0.3 is 0 Å². The molecule has 0 unspecified atom stereocenters. The van der Waals surface area contributed by atoms with Gasteiger partial charge in [0.2, 0.25) is 0 Å². The maximum atomic E-state index is 6.62. The molecule has 0 radical (unpaired) electrons. The number of hydrogen-bond acceptors (Lipinski definition) is 2. The summed E-state index contributed by atoms with van der Waals surface area (Å²) in [6, 6.07) is 71.5. The summed E-state index contributed by atoms with van der Waals surface area (Å²) in [7, 11) is 0. The minimum atomic E-state index is 0.892. The molecule has 10 rings (SSSR count). The number of ether oxygens (including phenoxy) is 1. The van der Waals surface area contributed by atoms with Gasteiger partial charge in [-0.2, -0.15) is 0 Å². The highest BCUT2D eigenvalue weighted by Crippen LogP contribution is 2.50. The molecule has 0 fully saturated rings. The lowest BCUT2D eigenvalue weighted by Crippen LogP contribution is -2.10.